The van der Waals surface area contributed by atoms with Gasteiger partial charge in [-0.25, -0.2) is 4.39 Å². The van der Waals surface area contributed by atoms with E-state index in [2.05, 4.69) is 16.0 Å². The number of amides is 2. The summed E-state index contributed by atoms with van der Waals surface area (Å²) in [4.78, 5) is 37.3. The third-order valence-corrected chi connectivity index (χ3v) is 8.30. The molecule has 3 atom stereocenters. The number of nitrogens with one attached hydrogen (secondary N) is 3. The van der Waals surface area contributed by atoms with Gasteiger partial charge in [-0.1, -0.05) is 23.2 Å². The van der Waals surface area contributed by atoms with E-state index in [1.807, 2.05) is 0 Å². The van der Waals surface area contributed by atoms with Crippen LogP contribution in [0.15, 0.2) is 36.4 Å². The smallest absolute Gasteiger partial charge is 0.319 e. The van der Waals surface area contributed by atoms with Gasteiger partial charge in [0.2, 0.25) is 0 Å². The van der Waals surface area contributed by atoms with Crippen molar-refractivity contribution in [3.05, 3.63) is 57.8 Å². The molecule has 1 aliphatic heterocycles. The quantitative estimate of drug-likeness (QED) is 0.370. The van der Waals surface area contributed by atoms with Crippen LogP contribution in [0.3, 0.4) is 0 Å². The molecule has 0 radical (unpaired) electrons. The second-order valence-electron chi connectivity index (χ2n) is 10.1. The predicted octanol–water partition coefficient (Wildman–Crippen LogP) is 3.18. The van der Waals surface area contributed by atoms with Crippen molar-refractivity contribution < 1.29 is 33.0 Å². The number of hydrogen-bond acceptors (Lipinski definition) is 7. The summed E-state index contributed by atoms with van der Waals surface area (Å²) in [6.45, 7) is 0.0981. The van der Waals surface area contributed by atoms with Gasteiger partial charge >= 0.3 is 5.97 Å². The minimum absolute atomic E-state index is 0.0223. The first-order valence-corrected chi connectivity index (χ1v) is 13.4. The molecule has 3 saturated carbocycles. The lowest BCUT2D eigenvalue weighted by Crippen LogP contribution is -2.78. The molecule has 2 bridgehead atoms. The van der Waals surface area contributed by atoms with E-state index in [4.69, 9.17) is 37.4 Å². The van der Waals surface area contributed by atoms with E-state index in [9.17, 15) is 18.8 Å². The summed E-state index contributed by atoms with van der Waals surface area (Å²) >= 11 is 11.8. The van der Waals surface area contributed by atoms with Gasteiger partial charge in [0.25, 0.3) is 11.8 Å². The highest BCUT2D eigenvalue weighted by atomic mass is 35.5. The molecular formula is C27H28Cl2FN3O6. The van der Waals surface area contributed by atoms with Gasteiger partial charge in [0.05, 0.1) is 18.7 Å². The third-order valence-electron chi connectivity index (χ3n) is 7.76. The first-order chi connectivity index (χ1) is 18.7. The van der Waals surface area contributed by atoms with Gasteiger partial charge < -0.3 is 24.8 Å². The Morgan fingerprint density at radius 2 is 1.95 bits per heavy atom. The van der Waals surface area contributed by atoms with E-state index in [-0.39, 0.29) is 47.7 Å². The second-order valence-corrected chi connectivity index (χ2v) is 11.0. The van der Waals surface area contributed by atoms with Gasteiger partial charge in [0, 0.05) is 47.1 Å². The second kappa shape index (κ2) is 11.2. The Kier molecular flexibility index (Phi) is 7.89. The summed E-state index contributed by atoms with van der Waals surface area (Å²) in [6.07, 6.45) is 1.21. The third kappa shape index (κ3) is 5.78. The molecule has 39 heavy (non-hydrogen) atoms. The number of carbonyl (C=O) groups is 3. The van der Waals surface area contributed by atoms with Gasteiger partial charge in [-0.3, -0.25) is 19.7 Å². The number of rotatable bonds is 10. The molecule has 3 aliphatic carbocycles. The van der Waals surface area contributed by atoms with Gasteiger partial charge in [0.15, 0.2) is 12.7 Å². The zero-order chi connectivity index (χ0) is 27.7. The van der Waals surface area contributed by atoms with E-state index in [0.29, 0.717) is 29.7 Å². The van der Waals surface area contributed by atoms with E-state index in [1.54, 1.807) is 18.2 Å². The first kappa shape index (κ1) is 27.5. The Bertz CT molecular complexity index is 1290. The molecule has 4 aliphatic rings. The normalized spacial score (nSPS) is 26.2. The van der Waals surface area contributed by atoms with Crippen LogP contribution in [0.1, 0.15) is 30.9 Å². The van der Waals surface area contributed by atoms with E-state index in [1.165, 1.54) is 19.2 Å². The molecule has 12 heteroatoms. The minimum Gasteiger partial charge on any atom is -0.484 e. The van der Waals surface area contributed by atoms with E-state index in [0.717, 1.165) is 24.5 Å². The number of ether oxygens (including phenoxy) is 3. The van der Waals surface area contributed by atoms with Crippen LogP contribution in [-0.4, -0.2) is 56.2 Å². The summed E-state index contributed by atoms with van der Waals surface area (Å²) < 4.78 is 29.6. The Labute approximate surface area is 234 Å². The number of halogens is 3. The maximum atomic E-state index is 13.6. The fourth-order valence-corrected chi connectivity index (χ4v) is 5.84. The van der Waals surface area contributed by atoms with Crippen LogP contribution in [-0.2, 0) is 19.1 Å². The van der Waals surface area contributed by atoms with Crippen molar-refractivity contribution in [2.45, 2.75) is 36.9 Å². The molecule has 3 fully saturated rings. The van der Waals surface area contributed by atoms with Crippen molar-refractivity contribution in [2.75, 3.05) is 26.8 Å². The molecule has 3 unspecified atom stereocenters. The lowest BCUT2D eigenvalue weighted by atomic mass is 9.42. The number of benzene rings is 2. The number of hydrogen-bond donors (Lipinski definition) is 3. The molecule has 9 nitrogen and oxygen atoms in total. The SMILES string of the molecule is COC(=O)CNC1CC(C(=O)NC23CC(C2)C3CNC(=O)COc2ccc(Cl)c(F)c2)Oc2ccc(Cl)cc21. The van der Waals surface area contributed by atoms with Gasteiger partial charge in [-0.2, -0.15) is 0 Å². The average molecular weight is 580 g/mol. The number of fused-ring (bicyclic) bond motifs is 1. The summed E-state index contributed by atoms with van der Waals surface area (Å²) in [7, 11) is 1.31. The monoisotopic (exact) mass is 579 g/mol. The lowest BCUT2D eigenvalue weighted by molar-refractivity contribution is -0.161. The van der Waals surface area contributed by atoms with Crippen LogP contribution < -0.4 is 25.4 Å². The maximum Gasteiger partial charge on any atom is 0.319 e. The minimum atomic E-state index is -0.772. The number of methoxy groups -OCH3 is 1. The zero-order valence-corrected chi connectivity index (χ0v) is 22.6. The lowest BCUT2D eigenvalue weighted by Gasteiger charge is -2.68. The average Bonchev–Trinajstić information content (AvgIpc) is 2.89. The summed E-state index contributed by atoms with van der Waals surface area (Å²) in [5.41, 5.74) is 0.374. The topological polar surface area (TPSA) is 115 Å². The predicted molar refractivity (Wildman–Crippen MR) is 140 cm³/mol. The molecule has 2 amide bonds. The van der Waals surface area contributed by atoms with Gasteiger partial charge in [-0.05, 0) is 49.1 Å². The zero-order valence-electron chi connectivity index (χ0n) is 21.1. The fourth-order valence-electron chi connectivity index (χ4n) is 5.54. The molecule has 208 valence electrons. The standard InChI is InChI=1S/C27H28Cl2FN3O6/c1-37-25(35)12-31-21-8-23(39-22-5-2-15(28)6-17(21)22)26(36)33-27-9-14(10-27)18(27)11-32-24(34)13-38-16-3-4-19(29)20(30)7-16/h2-7,14,18,21,23,31H,8-13H2,1H3,(H,32,34)(H,33,36). The molecule has 1 heterocycles. The molecule has 3 N–H and O–H groups in total. The highest BCUT2D eigenvalue weighted by Crippen LogP contribution is 2.61. The molecular weight excluding hydrogens is 552 g/mol. The van der Waals surface area contributed by atoms with Crippen molar-refractivity contribution in [3.8, 4) is 11.5 Å². The molecule has 0 aromatic heterocycles. The Morgan fingerprint density at radius 1 is 1.15 bits per heavy atom. The Balaban J connectivity index is 1.14. The largest absolute Gasteiger partial charge is 0.484 e. The summed E-state index contributed by atoms with van der Waals surface area (Å²) in [5, 5.41) is 9.64. The van der Waals surface area contributed by atoms with Crippen LogP contribution in [0.25, 0.3) is 0 Å². The number of esters is 1. The number of carbonyl (C=O) groups excluding carboxylic acids is 3. The molecule has 0 spiro atoms. The van der Waals surface area contributed by atoms with Gasteiger partial charge in [-0.15, -0.1) is 0 Å². The van der Waals surface area contributed by atoms with Crippen LogP contribution in [0.5, 0.6) is 11.5 Å². The summed E-state index contributed by atoms with van der Waals surface area (Å²) in [5.74, 6) is -0.389. The van der Waals surface area contributed by atoms with Crippen LogP contribution in [0, 0.1) is 17.7 Å². The van der Waals surface area contributed by atoms with Crippen LogP contribution >= 0.6 is 23.2 Å². The summed E-state index contributed by atoms with van der Waals surface area (Å²) in [6, 6.07) is 8.79. The fraction of sp³-hybridized carbons (Fsp3) is 0.444. The molecule has 6 rings (SSSR count). The van der Waals surface area contributed by atoms with E-state index >= 15 is 0 Å². The van der Waals surface area contributed by atoms with Crippen LogP contribution in [0.2, 0.25) is 10.0 Å². The molecule has 2 aromatic carbocycles. The molecule has 0 saturated heterocycles. The van der Waals surface area contributed by atoms with Crippen molar-refractivity contribution in [3.63, 3.8) is 0 Å². The highest BCUT2D eigenvalue weighted by molar-refractivity contribution is 6.31. The maximum absolute atomic E-state index is 13.6. The van der Waals surface area contributed by atoms with Crippen molar-refractivity contribution in [1.82, 2.24) is 16.0 Å². The Hall–Kier alpha value is -3.08. The Morgan fingerprint density at radius 3 is 2.64 bits per heavy atom. The van der Waals surface area contributed by atoms with Crippen molar-refractivity contribution in [1.29, 1.82) is 0 Å². The van der Waals surface area contributed by atoms with Crippen LogP contribution in [0.4, 0.5) is 4.39 Å². The highest BCUT2D eigenvalue weighted by Gasteiger charge is 2.66. The molecule has 2 aromatic rings. The van der Waals surface area contributed by atoms with Crippen molar-refractivity contribution in [2.24, 2.45) is 11.8 Å². The van der Waals surface area contributed by atoms with E-state index < -0.39 is 23.4 Å². The van der Waals surface area contributed by atoms with Crippen molar-refractivity contribution >= 4 is 41.0 Å². The first-order valence-electron chi connectivity index (χ1n) is 12.6. The van der Waals surface area contributed by atoms with Gasteiger partial charge in [0.1, 0.15) is 17.3 Å².